The zero-order valence-electron chi connectivity index (χ0n) is 34.0. The maximum absolute atomic E-state index is 4.34. The third-order valence-corrected chi connectivity index (χ3v) is 15.6. The minimum absolute atomic E-state index is 1.07. The summed E-state index contributed by atoms with van der Waals surface area (Å²) in [6.07, 6.45) is 18.3. The first-order valence-corrected chi connectivity index (χ1v) is 24.4. The molecule has 14 aromatic heterocycles. The van der Waals surface area contributed by atoms with Gasteiger partial charge in [-0.2, -0.15) is 0 Å². The molecule has 0 aliphatic rings. The Hall–Kier alpha value is -7.33. The summed E-state index contributed by atoms with van der Waals surface area (Å²) in [5.74, 6) is 0. The molecular formula is C51H31N9S5. The van der Waals surface area contributed by atoms with E-state index in [1.54, 1.807) is 56.7 Å². The Morgan fingerprint density at radius 2 is 0.554 bits per heavy atom. The smallest absolute Gasteiger partial charge is 0.126 e. The number of fused-ring (bicyclic) bond motifs is 15. The van der Waals surface area contributed by atoms with Gasteiger partial charge in [0.05, 0.1) is 20.4 Å². The summed E-state index contributed by atoms with van der Waals surface area (Å²) in [5, 5.41) is 9.71. The van der Waals surface area contributed by atoms with Gasteiger partial charge in [0.25, 0.3) is 0 Å². The van der Waals surface area contributed by atoms with Crippen molar-refractivity contribution in [3.05, 3.63) is 189 Å². The highest BCUT2D eigenvalue weighted by Crippen LogP contribution is 2.34. The maximum atomic E-state index is 4.34. The highest BCUT2D eigenvalue weighted by molar-refractivity contribution is 7.26. The normalized spacial score (nSPS) is 11.1. The molecule has 0 fully saturated rings. The quantitative estimate of drug-likeness (QED) is 0.147. The second kappa shape index (κ2) is 18.4. The average Bonchev–Trinajstić information content (AvgIpc) is 4.21. The molecule has 0 radical (unpaired) electrons. The van der Waals surface area contributed by atoms with Gasteiger partial charge in [0.1, 0.15) is 29.0 Å². The summed E-state index contributed by atoms with van der Waals surface area (Å²) < 4.78 is 4.98. The average molecular weight is 930 g/mol. The van der Waals surface area contributed by atoms with Crippen LogP contribution in [-0.2, 0) is 0 Å². The predicted octanol–water partition coefficient (Wildman–Crippen LogP) is 14.8. The van der Waals surface area contributed by atoms with Crippen molar-refractivity contribution in [1.82, 2.24) is 44.9 Å². The Kier molecular flexibility index (Phi) is 11.5. The van der Waals surface area contributed by atoms with Crippen molar-refractivity contribution in [1.29, 1.82) is 0 Å². The number of thiophene rings is 5. The SMILES string of the molecule is c1ccc2c(c1)sc1ncccc12.c1cnc2c(c1)sc1ncccc12.c1cnc2c(c1)sc1ncccc12.c1cnc2sc3ccncc3c2c1.c1cnc2sc3ncccc3c2c1. The molecule has 14 heterocycles. The summed E-state index contributed by atoms with van der Waals surface area (Å²) in [6.45, 7) is 0. The summed E-state index contributed by atoms with van der Waals surface area (Å²) >= 11 is 8.48. The molecule has 0 saturated carbocycles. The Labute approximate surface area is 390 Å². The second-order valence-electron chi connectivity index (χ2n) is 14.2. The van der Waals surface area contributed by atoms with Crippen molar-refractivity contribution in [3.63, 3.8) is 0 Å². The molecule has 9 nitrogen and oxygen atoms in total. The van der Waals surface area contributed by atoms with E-state index in [1.807, 2.05) is 117 Å². The Morgan fingerprint density at radius 3 is 1.06 bits per heavy atom. The van der Waals surface area contributed by atoms with Crippen LogP contribution < -0.4 is 0 Å². The van der Waals surface area contributed by atoms with Crippen LogP contribution in [0.3, 0.4) is 0 Å². The molecule has 310 valence electrons. The van der Waals surface area contributed by atoms with Crippen LogP contribution in [0.25, 0.3) is 102 Å². The number of hydrogen-bond donors (Lipinski definition) is 0. The molecule has 1 aromatic carbocycles. The fourth-order valence-electron chi connectivity index (χ4n) is 7.32. The number of benzene rings is 1. The van der Waals surface area contributed by atoms with Gasteiger partial charge in [-0.3, -0.25) is 15.0 Å². The molecule has 15 rings (SSSR count). The molecule has 0 aliphatic carbocycles. The number of aromatic nitrogens is 9. The lowest BCUT2D eigenvalue weighted by molar-refractivity contribution is 1.37. The van der Waals surface area contributed by atoms with Gasteiger partial charge >= 0.3 is 0 Å². The Balaban J connectivity index is 0.0000000901. The monoisotopic (exact) mass is 929 g/mol. The van der Waals surface area contributed by atoms with E-state index in [9.17, 15) is 0 Å². The summed E-state index contributed by atoms with van der Waals surface area (Å²) in [4.78, 5) is 45.1. The van der Waals surface area contributed by atoms with Gasteiger partial charge in [0, 0.05) is 114 Å². The summed E-state index contributed by atoms with van der Waals surface area (Å²) in [6, 6.07) is 42.8. The van der Waals surface area contributed by atoms with E-state index in [2.05, 4.69) is 118 Å². The van der Waals surface area contributed by atoms with Gasteiger partial charge < -0.3 is 0 Å². The largest absolute Gasteiger partial charge is 0.264 e. The third kappa shape index (κ3) is 8.32. The molecule has 15 aromatic rings. The molecule has 14 heteroatoms. The number of nitrogens with zero attached hydrogens (tertiary/aromatic N) is 9. The van der Waals surface area contributed by atoms with Gasteiger partial charge in [-0.1, -0.05) is 29.5 Å². The minimum atomic E-state index is 1.07. The highest BCUT2D eigenvalue weighted by atomic mass is 32.1. The van der Waals surface area contributed by atoms with Crippen LogP contribution in [-0.4, -0.2) is 44.9 Å². The Bertz CT molecular complexity index is 3210. The lowest BCUT2D eigenvalue weighted by Gasteiger charge is -1.87. The van der Waals surface area contributed by atoms with Gasteiger partial charge in [-0.25, -0.2) is 29.9 Å². The molecule has 0 amide bonds. The van der Waals surface area contributed by atoms with Crippen LogP contribution >= 0.6 is 56.7 Å². The molecule has 0 N–H and O–H groups in total. The van der Waals surface area contributed by atoms with E-state index in [-0.39, 0.29) is 0 Å². The number of rotatable bonds is 0. The fourth-order valence-corrected chi connectivity index (χ4v) is 12.4. The second-order valence-corrected chi connectivity index (χ2v) is 19.3. The molecule has 0 bridgehead atoms. The zero-order chi connectivity index (χ0) is 43.4. The lowest BCUT2D eigenvalue weighted by atomic mass is 10.2. The first-order chi connectivity index (χ1) is 32.2. The van der Waals surface area contributed by atoms with Crippen molar-refractivity contribution in [2.45, 2.75) is 0 Å². The van der Waals surface area contributed by atoms with Crippen molar-refractivity contribution < 1.29 is 0 Å². The lowest BCUT2D eigenvalue weighted by Crippen LogP contribution is -1.71. The van der Waals surface area contributed by atoms with E-state index >= 15 is 0 Å². The van der Waals surface area contributed by atoms with Crippen LogP contribution in [0, 0.1) is 0 Å². The molecule has 0 spiro atoms. The maximum Gasteiger partial charge on any atom is 0.126 e. The summed E-state index contributed by atoms with van der Waals surface area (Å²) in [5.41, 5.74) is 2.13. The van der Waals surface area contributed by atoms with Gasteiger partial charge in [-0.05, 0) is 109 Å². The Morgan fingerprint density at radius 1 is 0.231 bits per heavy atom. The van der Waals surface area contributed by atoms with Crippen molar-refractivity contribution in [2.75, 3.05) is 0 Å². The topological polar surface area (TPSA) is 116 Å². The van der Waals surface area contributed by atoms with E-state index in [4.69, 9.17) is 0 Å². The number of pyridine rings is 9. The van der Waals surface area contributed by atoms with Crippen molar-refractivity contribution in [3.8, 4) is 0 Å². The fraction of sp³-hybridized carbons (Fsp3) is 0. The molecular weight excluding hydrogens is 899 g/mol. The minimum Gasteiger partial charge on any atom is -0.264 e. The van der Waals surface area contributed by atoms with Crippen LogP contribution in [0.4, 0.5) is 0 Å². The van der Waals surface area contributed by atoms with Crippen LogP contribution in [0.5, 0.6) is 0 Å². The van der Waals surface area contributed by atoms with Gasteiger partial charge in [0.15, 0.2) is 0 Å². The van der Waals surface area contributed by atoms with Gasteiger partial charge in [-0.15, -0.1) is 45.3 Å². The first-order valence-electron chi connectivity index (χ1n) is 20.3. The molecule has 0 aliphatic heterocycles. The first kappa shape index (κ1) is 40.4. The molecule has 0 unspecified atom stereocenters. The third-order valence-electron chi connectivity index (χ3n) is 10.2. The molecule has 65 heavy (non-hydrogen) atoms. The number of hydrogen-bond acceptors (Lipinski definition) is 14. The van der Waals surface area contributed by atoms with Crippen molar-refractivity contribution >= 4 is 159 Å². The van der Waals surface area contributed by atoms with E-state index in [1.165, 1.54) is 51.1 Å². The summed E-state index contributed by atoms with van der Waals surface area (Å²) in [7, 11) is 0. The van der Waals surface area contributed by atoms with Gasteiger partial charge in [0.2, 0.25) is 0 Å². The molecule has 0 atom stereocenters. The van der Waals surface area contributed by atoms with Crippen molar-refractivity contribution in [2.24, 2.45) is 0 Å². The van der Waals surface area contributed by atoms with E-state index in [0.717, 1.165) is 50.8 Å². The zero-order valence-corrected chi connectivity index (χ0v) is 38.0. The predicted molar refractivity (Wildman–Crippen MR) is 277 cm³/mol. The van der Waals surface area contributed by atoms with Crippen LogP contribution in [0.1, 0.15) is 0 Å². The van der Waals surface area contributed by atoms with E-state index < -0.39 is 0 Å². The highest BCUT2D eigenvalue weighted by Gasteiger charge is 2.08. The van der Waals surface area contributed by atoms with E-state index in [0.29, 0.717) is 0 Å². The standard InChI is InChI=1S/C11H7NS.4C10H6N2S/c1-2-6-10-8(4-1)9-5-3-7-12-11(9)13-10;2*1-3-7-9-8(4-2-5-11-9)13-10(7)12-6-1;1-3-7-8-4-2-6-12-10(8)13-9(7)11-5-1;1-2-7-8-6-11-5-3-9(8)13-10(7)12-4-1/h1-7H;4*1-6H. The van der Waals surface area contributed by atoms with Crippen LogP contribution in [0.15, 0.2) is 189 Å². The van der Waals surface area contributed by atoms with Crippen LogP contribution in [0.2, 0.25) is 0 Å². The molecule has 0 saturated heterocycles.